The molecule has 1 atom stereocenters. The third-order valence-corrected chi connectivity index (χ3v) is 3.71. The largest absolute Gasteiger partial charge is 0.444 e. The van der Waals surface area contributed by atoms with Gasteiger partial charge in [-0.1, -0.05) is 0 Å². The van der Waals surface area contributed by atoms with Crippen molar-refractivity contribution in [2.24, 2.45) is 5.92 Å². The molecule has 0 bridgehead atoms. The first-order chi connectivity index (χ1) is 8.57. The molecule has 0 aromatic heterocycles. The molecule has 1 fully saturated rings. The van der Waals surface area contributed by atoms with Gasteiger partial charge in [0, 0.05) is 13.1 Å². The molecule has 1 amide bonds. The van der Waals surface area contributed by atoms with Crippen LogP contribution in [0.15, 0.2) is 0 Å². The summed E-state index contributed by atoms with van der Waals surface area (Å²) < 4.78 is 35.5. The number of nitrogens with zero attached hydrogens (tertiary/aromatic N) is 1. The Morgan fingerprint density at radius 3 is 2.58 bits per heavy atom. The van der Waals surface area contributed by atoms with Crippen LogP contribution in [-0.2, 0) is 14.9 Å². The summed E-state index contributed by atoms with van der Waals surface area (Å²) in [6, 6.07) is 0. The van der Waals surface area contributed by atoms with Crippen LogP contribution in [0.3, 0.4) is 0 Å². The molecule has 112 valence electrons. The lowest BCUT2D eigenvalue weighted by Gasteiger charge is -2.34. The minimum atomic E-state index is -3.92. The van der Waals surface area contributed by atoms with Gasteiger partial charge in [-0.2, -0.15) is 8.42 Å². The summed E-state index contributed by atoms with van der Waals surface area (Å²) in [7, 11) is -3.92. The van der Waals surface area contributed by atoms with E-state index in [1.807, 2.05) is 20.8 Å². The van der Waals surface area contributed by atoms with Gasteiger partial charge >= 0.3 is 6.09 Å². The Hall–Kier alpha value is -0.820. The molecule has 1 rings (SSSR count). The van der Waals surface area contributed by atoms with Crippen molar-refractivity contribution in [3.8, 4) is 0 Å². The summed E-state index contributed by atoms with van der Waals surface area (Å²) in [6.07, 6.45) is 1.71. The van der Waals surface area contributed by atoms with Crippen LogP contribution in [-0.4, -0.2) is 48.4 Å². The number of carbonyl (C=O) groups excluding carboxylic acids is 1. The van der Waals surface area contributed by atoms with Crippen molar-refractivity contribution in [3.63, 3.8) is 0 Å². The zero-order valence-corrected chi connectivity index (χ0v) is 12.6. The van der Waals surface area contributed by atoms with E-state index >= 15 is 0 Å². The van der Waals surface area contributed by atoms with Crippen LogP contribution in [0.5, 0.6) is 0 Å². The van der Waals surface area contributed by atoms with E-state index in [1.54, 1.807) is 4.90 Å². The van der Waals surface area contributed by atoms with Crippen molar-refractivity contribution in [3.05, 3.63) is 0 Å². The highest BCUT2D eigenvalue weighted by atomic mass is 32.2. The van der Waals surface area contributed by atoms with Crippen LogP contribution in [0.4, 0.5) is 4.79 Å². The van der Waals surface area contributed by atoms with E-state index in [4.69, 9.17) is 9.29 Å². The average molecular weight is 293 g/mol. The van der Waals surface area contributed by atoms with Crippen molar-refractivity contribution >= 4 is 16.2 Å². The maximum atomic E-state index is 11.9. The second kappa shape index (κ2) is 6.09. The van der Waals surface area contributed by atoms with E-state index < -0.39 is 15.7 Å². The lowest BCUT2D eigenvalue weighted by atomic mass is 9.96. The van der Waals surface area contributed by atoms with Crippen molar-refractivity contribution in [1.82, 2.24) is 4.90 Å². The number of piperidine rings is 1. The molecule has 0 aromatic carbocycles. The van der Waals surface area contributed by atoms with Gasteiger partial charge in [-0.3, -0.25) is 4.55 Å². The van der Waals surface area contributed by atoms with Crippen LogP contribution in [0.25, 0.3) is 0 Å². The molecule has 19 heavy (non-hydrogen) atoms. The molecule has 0 aromatic rings. The minimum Gasteiger partial charge on any atom is -0.444 e. The second-order valence-corrected chi connectivity index (χ2v) is 7.58. The lowest BCUT2D eigenvalue weighted by molar-refractivity contribution is 0.0165. The predicted octanol–water partition coefficient (Wildman–Crippen LogP) is 1.91. The van der Waals surface area contributed by atoms with Gasteiger partial charge in [0.2, 0.25) is 0 Å². The molecule has 7 heteroatoms. The average Bonchev–Trinajstić information content (AvgIpc) is 2.23. The Morgan fingerprint density at radius 2 is 2.05 bits per heavy atom. The fourth-order valence-corrected chi connectivity index (χ4v) is 2.74. The highest BCUT2D eigenvalue weighted by molar-refractivity contribution is 7.85. The molecule has 1 N–H and O–H groups in total. The molecule has 0 spiro atoms. The maximum absolute atomic E-state index is 11.9. The first kappa shape index (κ1) is 16.2. The Labute approximate surface area is 114 Å². The Kier molecular flexibility index (Phi) is 5.20. The monoisotopic (exact) mass is 293 g/mol. The first-order valence-electron chi connectivity index (χ1n) is 6.50. The summed E-state index contributed by atoms with van der Waals surface area (Å²) in [5.41, 5.74) is -0.529. The predicted molar refractivity (Wildman–Crippen MR) is 71.6 cm³/mol. The SMILES string of the molecule is CC(C)(C)OC(=O)N1CCCC(CCS(=O)(=O)O)C1. The molecule has 1 unspecified atom stereocenters. The summed E-state index contributed by atoms with van der Waals surface area (Å²) in [5, 5.41) is 0. The Bertz CT molecular complexity index is 412. The van der Waals surface area contributed by atoms with Gasteiger partial charge in [0.1, 0.15) is 5.60 Å². The van der Waals surface area contributed by atoms with Crippen LogP contribution in [0, 0.1) is 5.92 Å². The highest BCUT2D eigenvalue weighted by Crippen LogP contribution is 2.22. The Balaban J connectivity index is 2.48. The van der Waals surface area contributed by atoms with Crippen molar-refractivity contribution < 1.29 is 22.5 Å². The fraction of sp³-hybridized carbons (Fsp3) is 0.917. The number of hydrogen-bond donors (Lipinski definition) is 1. The van der Waals surface area contributed by atoms with E-state index in [0.717, 1.165) is 12.8 Å². The fourth-order valence-electron chi connectivity index (χ4n) is 2.11. The normalized spacial score (nSPS) is 21.3. The van der Waals surface area contributed by atoms with Gasteiger partial charge in [-0.25, -0.2) is 4.79 Å². The number of hydrogen-bond acceptors (Lipinski definition) is 4. The summed E-state index contributed by atoms with van der Waals surface area (Å²) in [4.78, 5) is 13.5. The van der Waals surface area contributed by atoms with Crippen molar-refractivity contribution in [1.29, 1.82) is 0 Å². The molecule has 0 radical (unpaired) electrons. The smallest absolute Gasteiger partial charge is 0.410 e. The maximum Gasteiger partial charge on any atom is 0.410 e. The van der Waals surface area contributed by atoms with Gasteiger partial charge in [0.05, 0.1) is 5.75 Å². The van der Waals surface area contributed by atoms with Crippen molar-refractivity contribution in [2.45, 2.75) is 45.6 Å². The zero-order chi connectivity index (χ0) is 14.7. The summed E-state index contributed by atoms with van der Waals surface area (Å²) >= 11 is 0. The number of amides is 1. The zero-order valence-electron chi connectivity index (χ0n) is 11.8. The molecule has 1 saturated heterocycles. The van der Waals surface area contributed by atoms with Crippen LogP contribution >= 0.6 is 0 Å². The van der Waals surface area contributed by atoms with Crippen LogP contribution < -0.4 is 0 Å². The number of rotatable bonds is 3. The standard InChI is InChI=1S/C12H23NO5S/c1-12(2,3)18-11(14)13-7-4-5-10(9-13)6-8-19(15,16)17/h10H,4-9H2,1-3H3,(H,15,16,17). The molecule has 1 aliphatic heterocycles. The third-order valence-electron chi connectivity index (χ3n) is 2.95. The highest BCUT2D eigenvalue weighted by Gasteiger charge is 2.28. The van der Waals surface area contributed by atoms with Crippen molar-refractivity contribution in [2.75, 3.05) is 18.8 Å². The Morgan fingerprint density at radius 1 is 1.42 bits per heavy atom. The molecular formula is C12H23NO5S. The van der Waals surface area contributed by atoms with E-state index in [2.05, 4.69) is 0 Å². The van der Waals surface area contributed by atoms with Gasteiger partial charge < -0.3 is 9.64 Å². The molecule has 0 aliphatic carbocycles. The first-order valence-corrected chi connectivity index (χ1v) is 8.11. The van der Waals surface area contributed by atoms with E-state index in [0.29, 0.717) is 19.5 Å². The summed E-state index contributed by atoms with van der Waals surface area (Å²) in [5.74, 6) is -0.150. The minimum absolute atomic E-state index is 0.100. The molecule has 0 saturated carbocycles. The van der Waals surface area contributed by atoms with Gasteiger partial charge in [0.15, 0.2) is 0 Å². The third kappa shape index (κ3) is 6.77. The molecule has 1 heterocycles. The van der Waals surface area contributed by atoms with Crippen LogP contribution in [0.2, 0.25) is 0 Å². The van der Waals surface area contributed by atoms with E-state index in [1.165, 1.54) is 0 Å². The second-order valence-electron chi connectivity index (χ2n) is 6.01. The molecule has 1 aliphatic rings. The molecule has 6 nitrogen and oxygen atoms in total. The lowest BCUT2D eigenvalue weighted by Crippen LogP contribution is -2.43. The quantitative estimate of drug-likeness (QED) is 0.804. The topological polar surface area (TPSA) is 83.9 Å². The van der Waals surface area contributed by atoms with Gasteiger partial charge in [-0.15, -0.1) is 0 Å². The van der Waals surface area contributed by atoms with Gasteiger partial charge in [0.25, 0.3) is 10.1 Å². The number of ether oxygens (including phenoxy) is 1. The van der Waals surface area contributed by atoms with Gasteiger partial charge in [-0.05, 0) is 46.0 Å². The summed E-state index contributed by atoms with van der Waals surface area (Å²) in [6.45, 7) is 6.56. The number of likely N-dealkylation sites (tertiary alicyclic amines) is 1. The van der Waals surface area contributed by atoms with E-state index in [-0.39, 0.29) is 17.8 Å². The van der Waals surface area contributed by atoms with E-state index in [9.17, 15) is 13.2 Å². The number of carbonyl (C=O) groups is 1. The molecular weight excluding hydrogens is 270 g/mol. The van der Waals surface area contributed by atoms with Crippen LogP contribution in [0.1, 0.15) is 40.0 Å².